The van der Waals surface area contributed by atoms with Gasteiger partial charge in [0.1, 0.15) is 11.2 Å². The van der Waals surface area contributed by atoms with Crippen LogP contribution >= 0.6 is 11.3 Å². The molecule has 3 heterocycles. The Hall–Kier alpha value is -2.81. The molecule has 2 N–H and O–H groups in total. The minimum absolute atomic E-state index is 0.0281. The van der Waals surface area contributed by atoms with Gasteiger partial charge in [0.2, 0.25) is 6.79 Å². The van der Waals surface area contributed by atoms with E-state index in [-0.39, 0.29) is 18.4 Å². The van der Waals surface area contributed by atoms with Crippen molar-refractivity contribution in [3.8, 4) is 11.5 Å². The molecule has 1 aromatic carbocycles. The molecule has 1 amide bonds. The average molecular weight is 387 g/mol. The van der Waals surface area contributed by atoms with Crippen molar-refractivity contribution in [1.29, 1.82) is 0 Å². The van der Waals surface area contributed by atoms with E-state index in [9.17, 15) is 14.9 Å². The summed E-state index contributed by atoms with van der Waals surface area (Å²) in [5.41, 5.74) is 2.05. The van der Waals surface area contributed by atoms with E-state index in [1.165, 1.54) is 10.9 Å². The first-order valence-corrected chi connectivity index (χ1v) is 9.62. The van der Waals surface area contributed by atoms with Gasteiger partial charge in [0.15, 0.2) is 11.5 Å². The Morgan fingerprint density at radius 1 is 1.26 bits per heavy atom. The van der Waals surface area contributed by atoms with Crippen LogP contribution in [0.3, 0.4) is 0 Å². The van der Waals surface area contributed by atoms with Gasteiger partial charge >= 0.3 is 0 Å². The molecule has 0 bridgehead atoms. The standard InChI is InChI=1S/C18H17N3O5S/c1-8-2-3-9-14(4-8)27-18-15(9)17(22)19-16(20-18)10-5-12-13(26-7-25-12)6-11(10)21(23)24/h5-6,8,16,20H,2-4,7H2,1H3,(H,19,22)/t8-,16-/m0/s1. The van der Waals surface area contributed by atoms with Gasteiger partial charge in [-0.15, -0.1) is 11.3 Å². The Kier molecular flexibility index (Phi) is 3.55. The number of carbonyl (C=O) groups is 1. The van der Waals surface area contributed by atoms with Crippen LogP contribution in [-0.2, 0) is 12.8 Å². The Morgan fingerprint density at radius 2 is 2.04 bits per heavy atom. The number of fused-ring (bicyclic) bond motifs is 4. The van der Waals surface area contributed by atoms with Crippen molar-refractivity contribution in [2.24, 2.45) is 5.92 Å². The molecule has 0 saturated heterocycles. The van der Waals surface area contributed by atoms with Gasteiger partial charge in [0.25, 0.3) is 11.6 Å². The summed E-state index contributed by atoms with van der Waals surface area (Å²) in [6.45, 7) is 2.24. The lowest BCUT2D eigenvalue weighted by molar-refractivity contribution is -0.385. The number of hydrogen-bond donors (Lipinski definition) is 2. The highest BCUT2D eigenvalue weighted by molar-refractivity contribution is 7.16. The van der Waals surface area contributed by atoms with E-state index in [0.717, 1.165) is 29.8 Å². The Labute approximate surface area is 158 Å². The fourth-order valence-electron chi connectivity index (χ4n) is 3.95. The topological polar surface area (TPSA) is 103 Å². The van der Waals surface area contributed by atoms with E-state index in [4.69, 9.17) is 9.47 Å². The summed E-state index contributed by atoms with van der Waals surface area (Å²) < 4.78 is 10.6. The number of nitrogens with zero attached hydrogens (tertiary/aromatic N) is 1. The van der Waals surface area contributed by atoms with Crippen molar-refractivity contribution in [2.75, 3.05) is 12.1 Å². The van der Waals surface area contributed by atoms with Crippen LogP contribution < -0.4 is 20.1 Å². The molecule has 0 saturated carbocycles. The van der Waals surface area contributed by atoms with Crippen LogP contribution in [0.2, 0.25) is 0 Å². The van der Waals surface area contributed by atoms with E-state index < -0.39 is 11.1 Å². The smallest absolute Gasteiger partial charge is 0.280 e. The van der Waals surface area contributed by atoms with Gasteiger partial charge in [-0.25, -0.2) is 0 Å². The van der Waals surface area contributed by atoms with E-state index in [1.807, 2.05) is 0 Å². The number of nitrogens with one attached hydrogen (secondary N) is 2. The molecule has 0 unspecified atom stereocenters. The monoisotopic (exact) mass is 387 g/mol. The zero-order valence-corrected chi connectivity index (χ0v) is 15.4. The fourth-order valence-corrected chi connectivity index (χ4v) is 5.39. The molecule has 140 valence electrons. The van der Waals surface area contributed by atoms with E-state index in [0.29, 0.717) is 28.5 Å². The summed E-state index contributed by atoms with van der Waals surface area (Å²) in [7, 11) is 0. The molecule has 1 aromatic heterocycles. The molecule has 2 aromatic rings. The van der Waals surface area contributed by atoms with Crippen LogP contribution in [-0.4, -0.2) is 17.6 Å². The second-order valence-electron chi connectivity index (χ2n) is 7.13. The molecule has 0 spiro atoms. The quantitative estimate of drug-likeness (QED) is 0.605. The van der Waals surface area contributed by atoms with Gasteiger partial charge in [-0.05, 0) is 36.8 Å². The predicted molar refractivity (Wildman–Crippen MR) is 98.6 cm³/mol. The maximum absolute atomic E-state index is 12.8. The lowest BCUT2D eigenvalue weighted by Crippen LogP contribution is -2.38. The van der Waals surface area contributed by atoms with Gasteiger partial charge in [-0.3, -0.25) is 14.9 Å². The number of nitro groups is 1. The molecule has 8 nitrogen and oxygen atoms in total. The molecule has 3 aliphatic rings. The van der Waals surface area contributed by atoms with E-state index >= 15 is 0 Å². The molecule has 5 rings (SSSR count). The van der Waals surface area contributed by atoms with Crippen molar-refractivity contribution < 1.29 is 19.2 Å². The number of anilines is 1. The highest BCUT2D eigenvalue weighted by atomic mass is 32.1. The predicted octanol–water partition coefficient (Wildman–Crippen LogP) is 3.36. The second-order valence-corrected chi connectivity index (χ2v) is 8.23. The lowest BCUT2D eigenvalue weighted by Gasteiger charge is -2.27. The number of ether oxygens (including phenoxy) is 2. The van der Waals surface area contributed by atoms with Crippen LogP contribution in [0.1, 0.15) is 45.9 Å². The zero-order chi connectivity index (χ0) is 18.7. The summed E-state index contributed by atoms with van der Waals surface area (Å²) in [4.78, 5) is 25.2. The molecule has 2 atom stereocenters. The fraction of sp³-hybridized carbons (Fsp3) is 0.389. The number of benzene rings is 1. The zero-order valence-electron chi connectivity index (χ0n) is 14.5. The summed E-state index contributed by atoms with van der Waals surface area (Å²) in [6.07, 6.45) is 2.24. The van der Waals surface area contributed by atoms with Crippen LogP contribution in [0, 0.1) is 16.0 Å². The van der Waals surface area contributed by atoms with Gasteiger partial charge in [-0.2, -0.15) is 0 Å². The summed E-state index contributed by atoms with van der Waals surface area (Å²) in [5.74, 6) is 1.20. The molecule has 2 aliphatic heterocycles. The van der Waals surface area contributed by atoms with Crippen molar-refractivity contribution >= 4 is 27.9 Å². The molecule has 1 aliphatic carbocycles. The number of carbonyl (C=O) groups excluding carboxylic acids is 1. The third kappa shape index (κ3) is 2.53. The van der Waals surface area contributed by atoms with Crippen LogP contribution in [0.4, 0.5) is 10.7 Å². The minimum Gasteiger partial charge on any atom is -0.454 e. The number of thiophene rings is 1. The van der Waals surface area contributed by atoms with Crippen molar-refractivity contribution in [3.05, 3.63) is 43.8 Å². The summed E-state index contributed by atoms with van der Waals surface area (Å²) in [5, 5.41) is 18.5. The summed E-state index contributed by atoms with van der Waals surface area (Å²) in [6, 6.07) is 2.92. The van der Waals surface area contributed by atoms with Crippen molar-refractivity contribution in [3.63, 3.8) is 0 Å². The van der Waals surface area contributed by atoms with Crippen LogP contribution in [0.25, 0.3) is 0 Å². The third-order valence-electron chi connectivity index (χ3n) is 5.32. The van der Waals surface area contributed by atoms with Crippen LogP contribution in [0.15, 0.2) is 12.1 Å². The van der Waals surface area contributed by atoms with Crippen LogP contribution in [0.5, 0.6) is 11.5 Å². The van der Waals surface area contributed by atoms with E-state index in [2.05, 4.69) is 17.6 Å². The SMILES string of the molecule is C[C@H]1CCc2c(sc3c2C(=O)N[C@H](c2cc4c(cc2[N+](=O)[O-])OCO4)N3)C1. The first-order valence-electron chi connectivity index (χ1n) is 8.81. The van der Waals surface area contributed by atoms with Crippen molar-refractivity contribution in [1.82, 2.24) is 5.32 Å². The van der Waals surface area contributed by atoms with Crippen molar-refractivity contribution in [2.45, 2.75) is 32.4 Å². The Balaban J connectivity index is 1.56. The molecule has 0 radical (unpaired) electrons. The van der Waals surface area contributed by atoms with Gasteiger partial charge in [-0.1, -0.05) is 6.92 Å². The summed E-state index contributed by atoms with van der Waals surface area (Å²) >= 11 is 1.59. The molecule has 27 heavy (non-hydrogen) atoms. The van der Waals surface area contributed by atoms with Gasteiger partial charge in [0.05, 0.1) is 22.1 Å². The minimum atomic E-state index is -0.697. The maximum atomic E-state index is 12.8. The highest BCUT2D eigenvalue weighted by Crippen LogP contribution is 2.45. The van der Waals surface area contributed by atoms with E-state index in [1.54, 1.807) is 17.4 Å². The molecule has 9 heteroatoms. The third-order valence-corrected chi connectivity index (χ3v) is 6.50. The second kappa shape index (κ2) is 5.85. The van der Waals surface area contributed by atoms with Gasteiger partial charge < -0.3 is 20.1 Å². The Morgan fingerprint density at radius 3 is 2.81 bits per heavy atom. The highest BCUT2D eigenvalue weighted by Gasteiger charge is 2.36. The molecular formula is C18H17N3O5S. The largest absolute Gasteiger partial charge is 0.454 e. The Bertz CT molecular complexity index is 986. The average Bonchev–Trinajstić information content (AvgIpc) is 3.23. The lowest BCUT2D eigenvalue weighted by atomic mass is 9.88. The number of amides is 1. The van der Waals surface area contributed by atoms with Gasteiger partial charge in [0, 0.05) is 4.88 Å². The first kappa shape index (κ1) is 16.4. The number of rotatable bonds is 2. The molecule has 0 fully saturated rings. The normalized spacial score (nSPS) is 22.5. The number of nitro benzene ring substituents is 1. The molecular weight excluding hydrogens is 370 g/mol. The number of hydrogen-bond acceptors (Lipinski definition) is 7. The first-order chi connectivity index (χ1) is 13.0. The maximum Gasteiger partial charge on any atom is 0.280 e.